The Hall–Kier alpha value is -1.56. The van der Waals surface area contributed by atoms with Crippen LogP contribution in [0.5, 0.6) is 0 Å². The van der Waals surface area contributed by atoms with Crippen molar-refractivity contribution in [2.45, 2.75) is 33.6 Å². The first kappa shape index (κ1) is 13.4. The summed E-state index contributed by atoms with van der Waals surface area (Å²) >= 11 is 5.06. The molecule has 0 aliphatic heterocycles. The lowest BCUT2D eigenvalue weighted by atomic mass is 9.49. The fourth-order valence-corrected chi connectivity index (χ4v) is 3.42. The minimum absolute atomic E-state index is 0.221. The van der Waals surface area contributed by atoms with Crippen LogP contribution in [-0.4, -0.2) is 21.1 Å². The second kappa shape index (κ2) is 4.48. The molecule has 3 aliphatic carbocycles. The molecule has 2 bridgehead atoms. The molecule has 1 heterocycles. The van der Waals surface area contributed by atoms with Crippen LogP contribution in [-0.2, 0) is 0 Å². The Morgan fingerprint density at radius 3 is 3.00 bits per heavy atom. The summed E-state index contributed by atoms with van der Waals surface area (Å²) in [6.45, 7) is 6.25. The predicted octanol–water partition coefficient (Wildman–Crippen LogP) is 2.44. The van der Waals surface area contributed by atoms with Crippen LogP contribution in [0.15, 0.2) is 21.5 Å². The largest absolute Gasteiger partial charge is 0.296 e. The Kier molecular flexibility index (Phi) is 3.01. The third-order valence-corrected chi connectivity index (χ3v) is 5.11. The van der Waals surface area contributed by atoms with Gasteiger partial charge in [-0.15, -0.1) is 0 Å². The monoisotopic (exact) mass is 290 g/mol. The molecule has 0 aromatic carbocycles. The van der Waals surface area contributed by atoms with Gasteiger partial charge in [0.15, 0.2) is 0 Å². The highest BCUT2D eigenvalue weighted by Gasteiger charge is 2.50. The Labute approximate surface area is 122 Å². The Morgan fingerprint density at radius 2 is 2.35 bits per heavy atom. The van der Waals surface area contributed by atoms with Gasteiger partial charge in [0.05, 0.1) is 6.21 Å². The van der Waals surface area contributed by atoms with E-state index in [2.05, 4.69) is 35.2 Å². The molecule has 106 valence electrons. The van der Waals surface area contributed by atoms with E-state index < -0.39 is 0 Å². The molecule has 1 N–H and O–H groups in total. The number of hydrogen-bond acceptors (Lipinski definition) is 4. The molecule has 2 atom stereocenters. The molecule has 1 aromatic heterocycles. The van der Waals surface area contributed by atoms with E-state index in [-0.39, 0.29) is 10.3 Å². The lowest BCUT2D eigenvalue weighted by Crippen LogP contribution is -2.48. The van der Waals surface area contributed by atoms with Gasteiger partial charge in [0, 0.05) is 0 Å². The van der Waals surface area contributed by atoms with E-state index in [4.69, 9.17) is 12.2 Å². The number of allylic oxidation sites excluding steroid dienone is 2. The maximum Gasteiger partial charge on any atom is 0.296 e. The highest BCUT2D eigenvalue weighted by atomic mass is 32.1. The zero-order valence-corrected chi connectivity index (χ0v) is 12.7. The summed E-state index contributed by atoms with van der Waals surface area (Å²) in [6.07, 6.45) is 6.34. The predicted molar refractivity (Wildman–Crippen MR) is 80.4 cm³/mol. The highest BCUT2D eigenvalue weighted by Crippen LogP contribution is 2.58. The topological polar surface area (TPSA) is 63.0 Å². The van der Waals surface area contributed by atoms with Crippen molar-refractivity contribution >= 4 is 18.4 Å². The Morgan fingerprint density at radius 1 is 1.60 bits per heavy atom. The third kappa shape index (κ3) is 1.90. The third-order valence-electron chi connectivity index (χ3n) is 4.85. The molecule has 0 unspecified atom stereocenters. The van der Waals surface area contributed by atoms with Crippen LogP contribution in [0.25, 0.3) is 0 Å². The van der Waals surface area contributed by atoms with Crippen LogP contribution >= 0.6 is 12.2 Å². The van der Waals surface area contributed by atoms with E-state index in [1.807, 2.05) is 0 Å². The Balaban J connectivity index is 1.93. The maximum atomic E-state index is 12.0. The first-order valence-electron chi connectivity index (χ1n) is 6.84. The molecular formula is C14H18N4OS. The highest BCUT2D eigenvalue weighted by molar-refractivity contribution is 7.71. The molecule has 4 rings (SSSR count). The maximum absolute atomic E-state index is 12.0. The summed E-state index contributed by atoms with van der Waals surface area (Å²) in [7, 11) is 0. The van der Waals surface area contributed by atoms with Gasteiger partial charge in [-0.3, -0.25) is 9.89 Å². The smallest absolute Gasteiger partial charge is 0.265 e. The van der Waals surface area contributed by atoms with Crippen LogP contribution in [0.1, 0.15) is 32.4 Å². The van der Waals surface area contributed by atoms with Crippen molar-refractivity contribution in [2.24, 2.45) is 22.4 Å². The molecule has 0 radical (unpaired) electrons. The van der Waals surface area contributed by atoms with Crippen molar-refractivity contribution < 1.29 is 0 Å². The number of hydrogen-bond donors (Lipinski definition) is 1. The molecule has 3 aliphatic rings. The summed E-state index contributed by atoms with van der Waals surface area (Å²) in [5.41, 5.74) is 1.65. The number of aromatic amines is 1. The average Bonchev–Trinajstić information content (AvgIpc) is 2.43. The summed E-state index contributed by atoms with van der Waals surface area (Å²) in [5.74, 6) is 1.33. The van der Waals surface area contributed by atoms with Gasteiger partial charge in [-0.25, -0.2) is 0 Å². The number of aromatic nitrogens is 3. The SMILES string of the molecule is Cc1n[nH]c(=S)n(/N=C\C2=CC[C@@H]3C[C@@H]2C3(C)C)c1=O. The van der Waals surface area contributed by atoms with Crippen molar-refractivity contribution in [2.75, 3.05) is 0 Å². The normalized spacial score (nSPS) is 27.2. The summed E-state index contributed by atoms with van der Waals surface area (Å²) < 4.78 is 1.43. The van der Waals surface area contributed by atoms with Crippen LogP contribution in [0, 0.1) is 28.9 Å². The summed E-state index contributed by atoms with van der Waals surface area (Å²) in [4.78, 5) is 12.0. The number of H-pyrrole nitrogens is 1. The molecule has 0 saturated heterocycles. The van der Waals surface area contributed by atoms with Gasteiger partial charge in [0.2, 0.25) is 4.77 Å². The van der Waals surface area contributed by atoms with Gasteiger partial charge in [-0.05, 0) is 54.8 Å². The van der Waals surface area contributed by atoms with Crippen molar-refractivity contribution in [1.29, 1.82) is 0 Å². The van der Waals surface area contributed by atoms with Gasteiger partial charge < -0.3 is 0 Å². The first-order valence-corrected chi connectivity index (χ1v) is 7.25. The number of nitrogens with zero attached hydrogens (tertiary/aromatic N) is 3. The molecule has 1 aromatic rings. The fourth-order valence-electron chi connectivity index (χ4n) is 3.25. The second-order valence-electron chi connectivity index (χ2n) is 6.22. The van der Waals surface area contributed by atoms with Crippen LogP contribution < -0.4 is 5.56 Å². The van der Waals surface area contributed by atoms with Gasteiger partial charge in [-0.2, -0.15) is 14.9 Å². The van der Waals surface area contributed by atoms with Crippen LogP contribution in [0.4, 0.5) is 0 Å². The molecule has 0 spiro atoms. The molecule has 5 nitrogen and oxygen atoms in total. The van der Waals surface area contributed by atoms with E-state index in [9.17, 15) is 4.79 Å². The van der Waals surface area contributed by atoms with Gasteiger partial charge in [-0.1, -0.05) is 19.9 Å². The van der Waals surface area contributed by atoms with Crippen molar-refractivity contribution in [3.8, 4) is 0 Å². The van der Waals surface area contributed by atoms with E-state index in [1.54, 1.807) is 13.1 Å². The van der Waals surface area contributed by atoms with Gasteiger partial charge >= 0.3 is 0 Å². The number of nitrogens with one attached hydrogen (secondary N) is 1. The summed E-state index contributed by atoms with van der Waals surface area (Å²) in [5, 5.41) is 10.7. The second-order valence-corrected chi connectivity index (χ2v) is 6.61. The molecule has 1 fully saturated rings. The fraction of sp³-hybridized carbons (Fsp3) is 0.571. The van der Waals surface area contributed by atoms with Crippen LogP contribution in [0.2, 0.25) is 0 Å². The zero-order chi connectivity index (χ0) is 14.5. The lowest BCUT2D eigenvalue weighted by molar-refractivity contribution is -0.00127. The van der Waals surface area contributed by atoms with E-state index >= 15 is 0 Å². The zero-order valence-electron chi connectivity index (χ0n) is 11.9. The van der Waals surface area contributed by atoms with Gasteiger partial charge in [0.25, 0.3) is 5.56 Å². The molecule has 0 amide bonds. The molecule has 20 heavy (non-hydrogen) atoms. The molecule has 6 heteroatoms. The van der Waals surface area contributed by atoms with Crippen molar-refractivity contribution in [3.63, 3.8) is 0 Å². The number of fused-ring (bicyclic) bond motifs is 1. The standard InChI is InChI=1S/C14H18N4OS/c1-8-12(19)18(13(20)17-16-8)15-7-9-4-5-10-6-11(9)14(10,2)3/h4,7,10-11H,5-6H2,1-3H3,(H,17,20)/b15-7-/t10-,11+/m1/s1. The number of aryl methyl sites for hydroxylation is 1. The summed E-state index contributed by atoms with van der Waals surface area (Å²) in [6, 6.07) is 0. The minimum Gasteiger partial charge on any atom is -0.265 e. The van der Waals surface area contributed by atoms with Crippen molar-refractivity contribution in [1.82, 2.24) is 14.9 Å². The quantitative estimate of drug-likeness (QED) is 0.672. The van der Waals surface area contributed by atoms with Gasteiger partial charge in [0.1, 0.15) is 5.69 Å². The first-order chi connectivity index (χ1) is 9.41. The molecule has 1 saturated carbocycles. The number of rotatable bonds is 2. The van der Waals surface area contributed by atoms with E-state index in [0.29, 0.717) is 17.0 Å². The average molecular weight is 290 g/mol. The van der Waals surface area contributed by atoms with Crippen molar-refractivity contribution in [3.05, 3.63) is 32.5 Å². The van der Waals surface area contributed by atoms with E-state index in [1.165, 1.54) is 16.7 Å². The van der Waals surface area contributed by atoms with Crippen LogP contribution in [0.3, 0.4) is 0 Å². The van der Waals surface area contributed by atoms with E-state index in [0.717, 1.165) is 12.3 Å². The lowest BCUT2D eigenvalue weighted by Gasteiger charge is -2.55. The Bertz CT molecular complexity index is 725. The molecular weight excluding hydrogens is 272 g/mol. The minimum atomic E-state index is -0.271.